The molecule has 0 radical (unpaired) electrons. The van der Waals surface area contributed by atoms with Crippen LogP contribution in [0.1, 0.15) is 15.9 Å². The van der Waals surface area contributed by atoms with Gasteiger partial charge in [0.1, 0.15) is 0 Å². The summed E-state index contributed by atoms with van der Waals surface area (Å²) in [5, 5.41) is 4.85. The predicted molar refractivity (Wildman–Crippen MR) is 91.1 cm³/mol. The summed E-state index contributed by atoms with van der Waals surface area (Å²) >= 11 is 11.9. The molecule has 0 unspecified atom stereocenters. The predicted octanol–water partition coefficient (Wildman–Crippen LogP) is 3.77. The highest BCUT2D eigenvalue weighted by Gasteiger charge is 2.10. The molecule has 0 saturated heterocycles. The maximum Gasteiger partial charge on any atom is 0.271 e. The normalized spacial score (nSPS) is 10.6. The first-order chi connectivity index (χ1) is 11.0. The van der Waals surface area contributed by atoms with Gasteiger partial charge in [0, 0.05) is 10.6 Å². The Morgan fingerprint density at radius 3 is 2.43 bits per heavy atom. The number of rotatable bonds is 5. The zero-order chi connectivity index (χ0) is 16.8. The molecule has 0 bridgehead atoms. The minimum atomic E-state index is -0.343. The van der Waals surface area contributed by atoms with Crippen LogP contribution in [0.4, 0.5) is 0 Å². The summed E-state index contributed by atoms with van der Waals surface area (Å²) in [6.45, 7) is 0. The third-order valence-corrected chi connectivity index (χ3v) is 3.47. The average molecular weight is 353 g/mol. The highest BCUT2D eigenvalue weighted by molar-refractivity contribution is 6.32. The lowest BCUT2D eigenvalue weighted by Gasteiger charge is -2.09. The van der Waals surface area contributed by atoms with E-state index in [9.17, 15) is 4.79 Å². The van der Waals surface area contributed by atoms with E-state index in [1.165, 1.54) is 20.4 Å². The van der Waals surface area contributed by atoms with Crippen molar-refractivity contribution in [2.75, 3.05) is 14.2 Å². The maximum absolute atomic E-state index is 11.9. The molecule has 0 aromatic heterocycles. The van der Waals surface area contributed by atoms with Gasteiger partial charge in [-0.15, -0.1) is 0 Å². The summed E-state index contributed by atoms with van der Waals surface area (Å²) in [7, 11) is 3.02. The Morgan fingerprint density at radius 1 is 1.13 bits per heavy atom. The molecule has 0 aliphatic carbocycles. The third-order valence-electron chi connectivity index (χ3n) is 2.94. The minimum absolute atomic E-state index is 0.343. The Morgan fingerprint density at radius 2 is 1.83 bits per heavy atom. The lowest BCUT2D eigenvalue weighted by Crippen LogP contribution is -2.17. The van der Waals surface area contributed by atoms with E-state index in [-0.39, 0.29) is 5.91 Å². The first-order valence-corrected chi connectivity index (χ1v) is 7.31. The summed E-state index contributed by atoms with van der Waals surface area (Å²) in [6.07, 6.45) is 1.46. The largest absolute Gasteiger partial charge is 0.493 e. The van der Waals surface area contributed by atoms with Gasteiger partial charge in [-0.1, -0.05) is 23.2 Å². The number of carbonyl (C=O) groups is 1. The molecule has 7 heteroatoms. The van der Waals surface area contributed by atoms with Gasteiger partial charge < -0.3 is 9.47 Å². The van der Waals surface area contributed by atoms with Gasteiger partial charge in [0.15, 0.2) is 11.5 Å². The van der Waals surface area contributed by atoms with Crippen LogP contribution in [0.15, 0.2) is 41.5 Å². The van der Waals surface area contributed by atoms with Crippen molar-refractivity contribution in [1.82, 2.24) is 5.43 Å². The summed E-state index contributed by atoms with van der Waals surface area (Å²) < 4.78 is 10.3. The van der Waals surface area contributed by atoms with Crippen LogP contribution in [-0.2, 0) is 0 Å². The van der Waals surface area contributed by atoms with Gasteiger partial charge in [0.25, 0.3) is 5.91 Å². The van der Waals surface area contributed by atoms with Crippen molar-refractivity contribution in [2.24, 2.45) is 5.10 Å². The van der Waals surface area contributed by atoms with E-state index in [0.717, 1.165) is 0 Å². The first-order valence-electron chi connectivity index (χ1n) is 6.55. The van der Waals surface area contributed by atoms with E-state index in [4.69, 9.17) is 32.7 Å². The van der Waals surface area contributed by atoms with E-state index in [2.05, 4.69) is 10.5 Å². The molecule has 0 spiro atoms. The molecule has 23 heavy (non-hydrogen) atoms. The van der Waals surface area contributed by atoms with Crippen molar-refractivity contribution >= 4 is 35.3 Å². The van der Waals surface area contributed by atoms with E-state index in [1.54, 1.807) is 36.4 Å². The fourth-order valence-corrected chi connectivity index (χ4v) is 2.27. The lowest BCUT2D eigenvalue weighted by atomic mass is 10.2. The van der Waals surface area contributed by atoms with E-state index >= 15 is 0 Å². The number of ether oxygens (including phenoxy) is 2. The van der Waals surface area contributed by atoms with Crippen molar-refractivity contribution in [1.29, 1.82) is 0 Å². The molecule has 0 aliphatic rings. The fraction of sp³-hybridized carbons (Fsp3) is 0.125. The number of amides is 1. The Balaban J connectivity index is 2.10. The number of hydrazone groups is 1. The van der Waals surface area contributed by atoms with Crippen LogP contribution in [-0.4, -0.2) is 26.3 Å². The minimum Gasteiger partial charge on any atom is -0.493 e. The second-order valence-electron chi connectivity index (χ2n) is 4.44. The molecule has 120 valence electrons. The topological polar surface area (TPSA) is 59.9 Å². The SMILES string of the molecule is COc1cc(/C=N/NC(=O)c2ccc(Cl)cc2)cc(Cl)c1OC. The number of hydrogen-bond donors (Lipinski definition) is 1. The third kappa shape index (κ3) is 4.37. The van der Waals surface area contributed by atoms with Crippen molar-refractivity contribution < 1.29 is 14.3 Å². The molecule has 0 aliphatic heterocycles. The molecule has 2 rings (SSSR count). The number of nitrogens with one attached hydrogen (secondary N) is 1. The number of halogens is 2. The maximum atomic E-state index is 11.9. The Kier molecular flexibility index (Phi) is 5.84. The molecule has 0 heterocycles. The van der Waals surface area contributed by atoms with Crippen LogP contribution < -0.4 is 14.9 Å². The molecular weight excluding hydrogens is 339 g/mol. The quantitative estimate of drug-likeness (QED) is 0.658. The van der Waals surface area contributed by atoms with Crippen LogP contribution in [0.3, 0.4) is 0 Å². The molecule has 1 amide bonds. The Labute approximate surface area is 143 Å². The Hall–Kier alpha value is -2.24. The van der Waals surface area contributed by atoms with Crippen LogP contribution in [0.5, 0.6) is 11.5 Å². The van der Waals surface area contributed by atoms with Gasteiger partial charge in [-0.25, -0.2) is 5.43 Å². The summed E-state index contributed by atoms with van der Waals surface area (Å²) in [4.78, 5) is 11.9. The van der Waals surface area contributed by atoms with Crippen LogP contribution in [0, 0.1) is 0 Å². The molecule has 5 nitrogen and oxygen atoms in total. The van der Waals surface area contributed by atoms with Crippen molar-refractivity contribution in [3.63, 3.8) is 0 Å². The van der Waals surface area contributed by atoms with Crippen LogP contribution in [0.25, 0.3) is 0 Å². The molecule has 1 N–H and O–H groups in total. The van der Waals surface area contributed by atoms with E-state index in [0.29, 0.717) is 32.7 Å². The van der Waals surface area contributed by atoms with Gasteiger partial charge in [-0.05, 0) is 42.0 Å². The molecule has 2 aromatic carbocycles. The highest BCUT2D eigenvalue weighted by atomic mass is 35.5. The van der Waals surface area contributed by atoms with Crippen LogP contribution >= 0.6 is 23.2 Å². The van der Waals surface area contributed by atoms with Gasteiger partial charge in [-0.2, -0.15) is 5.10 Å². The highest BCUT2D eigenvalue weighted by Crippen LogP contribution is 2.35. The number of carbonyl (C=O) groups excluding carboxylic acids is 1. The summed E-state index contributed by atoms with van der Waals surface area (Å²) in [5.41, 5.74) is 3.54. The molecule has 0 atom stereocenters. The molecule has 2 aromatic rings. The zero-order valence-corrected chi connectivity index (χ0v) is 14.0. The van der Waals surface area contributed by atoms with Gasteiger partial charge in [0.2, 0.25) is 0 Å². The monoisotopic (exact) mass is 352 g/mol. The lowest BCUT2D eigenvalue weighted by molar-refractivity contribution is 0.0955. The van der Waals surface area contributed by atoms with Gasteiger partial charge >= 0.3 is 0 Å². The number of hydrogen-bond acceptors (Lipinski definition) is 4. The average Bonchev–Trinajstić information content (AvgIpc) is 2.54. The smallest absolute Gasteiger partial charge is 0.271 e. The van der Waals surface area contributed by atoms with E-state index in [1.807, 2.05) is 0 Å². The van der Waals surface area contributed by atoms with Gasteiger partial charge in [-0.3, -0.25) is 4.79 Å². The van der Waals surface area contributed by atoms with Crippen molar-refractivity contribution in [2.45, 2.75) is 0 Å². The second-order valence-corrected chi connectivity index (χ2v) is 5.29. The summed E-state index contributed by atoms with van der Waals surface area (Å²) in [5.74, 6) is 0.575. The van der Waals surface area contributed by atoms with Crippen molar-refractivity contribution in [3.05, 3.63) is 57.6 Å². The molecule has 0 saturated carbocycles. The number of benzene rings is 2. The second kappa shape index (κ2) is 7.85. The molecule has 0 fully saturated rings. The van der Waals surface area contributed by atoms with Crippen LogP contribution in [0.2, 0.25) is 10.0 Å². The Bertz CT molecular complexity index is 731. The van der Waals surface area contributed by atoms with E-state index < -0.39 is 0 Å². The first kappa shape index (κ1) is 17.1. The van der Waals surface area contributed by atoms with Gasteiger partial charge in [0.05, 0.1) is 25.5 Å². The van der Waals surface area contributed by atoms with Crippen molar-refractivity contribution in [3.8, 4) is 11.5 Å². The number of nitrogens with zero attached hydrogens (tertiary/aromatic N) is 1. The number of methoxy groups -OCH3 is 2. The standard InChI is InChI=1S/C16H14Cl2N2O3/c1-22-14-8-10(7-13(18)15(14)23-2)9-19-20-16(21)11-3-5-12(17)6-4-11/h3-9H,1-2H3,(H,20,21)/b19-9+. The zero-order valence-electron chi connectivity index (χ0n) is 12.5. The molecular formula is C16H14Cl2N2O3. The summed E-state index contributed by atoms with van der Waals surface area (Å²) in [6, 6.07) is 9.84. The fourth-order valence-electron chi connectivity index (χ4n) is 1.84.